The minimum atomic E-state index is 0.507. The third-order valence-electron chi connectivity index (χ3n) is 6.67. The van der Waals surface area contributed by atoms with Crippen LogP contribution in [-0.2, 0) is 0 Å². The van der Waals surface area contributed by atoms with Crippen molar-refractivity contribution in [3.63, 3.8) is 0 Å². The highest BCUT2D eigenvalue weighted by Crippen LogP contribution is 2.48. The van der Waals surface area contributed by atoms with E-state index in [2.05, 4.69) is 16.7 Å². The Kier molecular flexibility index (Phi) is 3.13. The molecule has 3 nitrogen and oxygen atoms in total. The summed E-state index contributed by atoms with van der Waals surface area (Å²) in [6.07, 6.45) is 7.14. The molecule has 6 atom stereocenters. The van der Waals surface area contributed by atoms with E-state index >= 15 is 0 Å². The van der Waals surface area contributed by atoms with Gasteiger partial charge >= 0.3 is 0 Å². The van der Waals surface area contributed by atoms with Crippen LogP contribution in [0.15, 0.2) is 0 Å². The molecule has 4 aliphatic rings. The lowest BCUT2D eigenvalue weighted by atomic mass is 9.84. The third-order valence-corrected chi connectivity index (χ3v) is 6.67. The van der Waals surface area contributed by atoms with E-state index in [0.29, 0.717) is 6.04 Å². The number of rotatable bonds is 2. The fourth-order valence-corrected chi connectivity index (χ4v) is 5.50. The zero-order chi connectivity index (χ0) is 13.0. The molecule has 0 aromatic carbocycles. The van der Waals surface area contributed by atoms with Gasteiger partial charge in [-0.3, -0.25) is 9.80 Å². The summed E-state index contributed by atoms with van der Waals surface area (Å²) in [5, 5.41) is 0. The summed E-state index contributed by atoms with van der Waals surface area (Å²) in [6, 6.07) is 2.10. The predicted octanol–water partition coefficient (Wildman–Crippen LogP) is 1.53. The highest BCUT2D eigenvalue weighted by atomic mass is 15.3. The summed E-state index contributed by atoms with van der Waals surface area (Å²) in [6.45, 7) is 7.65. The van der Waals surface area contributed by atoms with Gasteiger partial charge in [0.2, 0.25) is 0 Å². The van der Waals surface area contributed by atoms with Gasteiger partial charge in [-0.2, -0.15) is 0 Å². The Bertz CT molecular complexity index is 343. The van der Waals surface area contributed by atoms with Crippen LogP contribution < -0.4 is 5.73 Å². The highest BCUT2D eigenvalue weighted by molar-refractivity contribution is 5.01. The Morgan fingerprint density at radius 1 is 1.11 bits per heavy atom. The van der Waals surface area contributed by atoms with Crippen molar-refractivity contribution >= 4 is 0 Å². The lowest BCUT2D eigenvalue weighted by molar-refractivity contribution is 0.0380. The Balaban J connectivity index is 1.42. The molecule has 0 aromatic heterocycles. The van der Waals surface area contributed by atoms with Gasteiger partial charge in [-0.1, -0.05) is 0 Å². The molecule has 6 unspecified atom stereocenters. The molecule has 108 valence electrons. The van der Waals surface area contributed by atoms with Crippen molar-refractivity contribution in [2.75, 3.05) is 26.2 Å². The van der Waals surface area contributed by atoms with Crippen molar-refractivity contribution in [1.82, 2.24) is 9.80 Å². The zero-order valence-electron chi connectivity index (χ0n) is 12.3. The number of piperazine rings is 1. The van der Waals surface area contributed by atoms with Gasteiger partial charge < -0.3 is 5.73 Å². The number of nitrogens with two attached hydrogens (primary N) is 1. The van der Waals surface area contributed by atoms with Crippen molar-refractivity contribution in [2.45, 2.75) is 57.2 Å². The number of fused-ring (bicyclic) bond motifs is 3. The van der Waals surface area contributed by atoms with E-state index < -0.39 is 0 Å². The molecule has 4 fully saturated rings. The van der Waals surface area contributed by atoms with Crippen LogP contribution in [0.1, 0.15) is 39.0 Å². The van der Waals surface area contributed by atoms with E-state index in [-0.39, 0.29) is 0 Å². The van der Waals surface area contributed by atoms with Crippen LogP contribution in [0.25, 0.3) is 0 Å². The molecule has 2 N–H and O–H groups in total. The monoisotopic (exact) mass is 263 g/mol. The molecule has 0 radical (unpaired) electrons. The maximum absolute atomic E-state index is 6.50. The van der Waals surface area contributed by atoms with Gasteiger partial charge in [-0.15, -0.1) is 0 Å². The smallest absolute Gasteiger partial charge is 0.0224 e. The molecular formula is C16H29N3. The Labute approximate surface area is 117 Å². The number of hydrogen-bond donors (Lipinski definition) is 1. The molecule has 0 amide bonds. The summed E-state index contributed by atoms with van der Waals surface area (Å²) in [7, 11) is 0. The van der Waals surface area contributed by atoms with E-state index in [4.69, 9.17) is 5.73 Å². The topological polar surface area (TPSA) is 32.5 Å². The Morgan fingerprint density at radius 3 is 2.74 bits per heavy atom. The van der Waals surface area contributed by atoms with E-state index in [1.165, 1.54) is 58.3 Å². The molecule has 4 rings (SSSR count). The Hall–Kier alpha value is -0.120. The lowest BCUT2D eigenvalue weighted by Gasteiger charge is -2.44. The van der Waals surface area contributed by atoms with Gasteiger partial charge in [0.25, 0.3) is 0 Å². The first kappa shape index (κ1) is 12.6. The van der Waals surface area contributed by atoms with E-state index in [1.54, 1.807) is 0 Å². The van der Waals surface area contributed by atoms with Crippen LogP contribution in [0.4, 0.5) is 0 Å². The molecule has 2 bridgehead atoms. The molecule has 2 saturated heterocycles. The summed E-state index contributed by atoms with van der Waals surface area (Å²) in [5.74, 6) is 2.61. The van der Waals surface area contributed by atoms with E-state index in [0.717, 1.165) is 29.8 Å². The van der Waals surface area contributed by atoms with Crippen molar-refractivity contribution in [2.24, 2.45) is 23.5 Å². The maximum atomic E-state index is 6.50. The quantitative estimate of drug-likeness (QED) is 0.820. The van der Waals surface area contributed by atoms with Gasteiger partial charge in [0.1, 0.15) is 0 Å². The lowest BCUT2D eigenvalue weighted by Crippen LogP contribution is -2.57. The summed E-state index contributed by atoms with van der Waals surface area (Å²) < 4.78 is 0. The van der Waals surface area contributed by atoms with Gasteiger partial charge in [0.05, 0.1) is 0 Å². The van der Waals surface area contributed by atoms with Crippen LogP contribution >= 0.6 is 0 Å². The van der Waals surface area contributed by atoms with Crippen LogP contribution in [0, 0.1) is 17.8 Å². The summed E-state index contributed by atoms with van der Waals surface area (Å²) in [4.78, 5) is 5.50. The summed E-state index contributed by atoms with van der Waals surface area (Å²) >= 11 is 0. The molecule has 19 heavy (non-hydrogen) atoms. The molecule has 0 spiro atoms. The van der Waals surface area contributed by atoms with Crippen LogP contribution in [-0.4, -0.2) is 54.1 Å². The highest BCUT2D eigenvalue weighted by Gasteiger charge is 2.47. The van der Waals surface area contributed by atoms with Crippen LogP contribution in [0.3, 0.4) is 0 Å². The molecular weight excluding hydrogens is 234 g/mol. The zero-order valence-corrected chi connectivity index (χ0v) is 12.3. The summed E-state index contributed by atoms with van der Waals surface area (Å²) in [5.41, 5.74) is 6.50. The molecule has 3 heteroatoms. The average molecular weight is 263 g/mol. The van der Waals surface area contributed by atoms with Gasteiger partial charge in [0, 0.05) is 37.8 Å². The molecule has 2 aliphatic heterocycles. The second-order valence-corrected chi connectivity index (χ2v) is 7.67. The minimum Gasteiger partial charge on any atom is -0.327 e. The second-order valence-electron chi connectivity index (χ2n) is 7.67. The fraction of sp³-hybridized carbons (Fsp3) is 1.00. The number of nitrogens with zero attached hydrogens (tertiary/aromatic N) is 2. The van der Waals surface area contributed by atoms with E-state index in [1.807, 2.05) is 0 Å². The van der Waals surface area contributed by atoms with Crippen molar-refractivity contribution < 1.29 is 0 Å². The minimum absolute atomic E-state index is 0.507. The van der Waals surface area contributed by atoms with Crippen LogP contribution in [0.5, 0.6) is 0 Å². The van der Waals surface area contributed by atoms with Crippen LogP contribution in [0.2, 0.25) is 0 Å². The number of hydrogen-bond acceptors (Lipinski definition) is 3. The normalized spacial score (nSPS) is 50.8. The largest absolute Gasteiger partial charge is 0.327 e. The van der Waals surface area contributed by atoms with Gasteiger partial charge in [-0.05, 0) is 63.3 Å². The Morgan fingerprint density at radius 2 is 1.95 bits per heavy atom. The molecule has 2 saturated carbocycles. The van der Waals surface area contributed by atoms with Crippen molar-refractivity contribution in [1.29, 1.82) is 0 Å². The molecule has 2 heterocycles. The second kappa shape index (κ2) is 4.71. The van der Waals surface area contributed by atoms with Crippen molar-refractivity contribution in [3.8, 4) is 0 Å². The first-order chi connectivity index (χ1) is 9.22. The first-order valence-electron chi connectivity index (χ1n) is 8.46. The SMILES string of the molecule is CC1CN2CCCC2CN1CC1C2CCC(C2)C1N. The van der Waals surface area contributed by atoms with Gasteiger partial charge in [0.15, 0.2) is 0 Å². The van der Waals surface area contributed by atoms with E-state index in [9.17, 15) is 0 Å². The third kappa shape index (κ3) is 2.05. The molecule has 0 aromatic rings. The average Bonchev–Trinajstić information content (AvgIpc) is 3.07. The van der Waals surface area contributed by atoms with Gasteiger partial charge in [-0.25, -0.2) is 0 Å². The fourth-order valence-electron chi connectivity index (χ4n) is 5.50. The predicted molar refractivity (Wildman–Crippen MR) is 77.9 cm³/mol. The van der Waals surface area contributed by atoms with Crippen molar-refractivity contribution in [3.05, 3.63) is 0 Å². The first-order valence-corrected chi connectivity index (χ1v) is 8.46. The standard InChI is InChI=1S/C16H29N3/c1-11-8-18-6-2-3-14(18)9-19(11)10-15-12-4-5-13(7-12)16(15)17/h11-16H,2-10,17H2,1H3. The maximum Gasteiger partial charge on any atom is 0.0224 e. The molecule has 2 aliphatic carbocycles.